The lowest BCUT2D eigenvalue weighted by Gasteiger charge is -2.11. The maximum absolute atomic E-state index is 12.4. The van der Waals surface area contributed by atoms with Gasteiger partial charge in [-0.1, -0.05) is 29.4 Å². The van der Waals surface area contributed by atoms with Crippen LogP contribution in [0.1, 0.15) is 12.5 Å². The standard InChI is InChI=1S/C18H15ClN6OS/c1-11(17(26)22-15-4-2-3-12(9-15)10-20)27-18-24-23-16(25(18)21)13-5-7-14(19)8-6-13/h2-9,11H,21H2,1H3,(H,22,26)/t11-/m1/s1. The number of nitrogen functional groups attached to an aromatic ring is 1. The number of aromatic nitrogens is 3. The molecule has 1 amide bonds. The lowest BCUT2D eigenvalue weighted by molar-refractivity contribution is -0.115. The van der Waals surface area contributed by atoms with Crippen LogP contribution < -0.4 is 11.2 Å². The summed E-state index contributed by atoms with van der Waals surface area (Å²) in [5, 5.41) is 20.4. The fourth-order valence-electron chi connectivity index (χ4n) is 2.28. The molecular formula is C18H15ClN6OS. The number of hydrogen-bond donors (Lipinski definition) is 2. The topological polar surface area (TPSA) is 110 Å². The van der Waals surface area contributed by atoms with Crippen LogP contribution >= 0.6 is 23.4 Å². The number of nitrogens with two attached hydrogens (primary N) is 1. The van der Waals surface area contributed by atoms with E-state index in [1.54, 1.807) is 55.5 Å². The maximum atomic E-state index is 12.4. The predicted molar refractivity (Wildman–Crippen MR) is 106 cm³/mol. The Morgan fingerprint density at radius 3 is 2.74 bits per heavy atom. The molecule has 3 aromatic rings. The van der Waals surface area contributed by atoms with Crippen LogP contribution in [0, 0.1) is 11.3 Å². The Morgan fingerprint density at radius 1 is 1.30 bits per heavy atom. The van der Waals surface area contributed by atoms with Crippen molar-refractivity contribution in [3.8, 4) is 17.5 Å². The van der Waals surface area contributed by atoms with Crippen molar-refractivity contribution in [2.45, 2.75) is 17.3 Å². The van der Waals surface area contributed by atoms with Gasteiger partial charge in [0.05, 0.1) is 16.9 Å². The van der Waals surface area contributed by atoms with Crippen LogP contribution in [-0.4, -0.2) is 26.0 Å². The predicted octanol–water partition coefficient (Wildman–Crippen LogP) is 3.30. The molecule has 9 heteroatoms. The first-order chi connectivity index (χ1) is 13.0. The number of anilines is 1. The van der Waals surface area contributed by atoms with Crippen molar-refractivity contribution in [3.63, 3.8) is 0 Å². The van der Waals surface area contributed by atoms with E-state index in [0.717, 1.165) is 5.56 Å². The van der Waals surface area contributed by atoms with Gasteiger partial charge in [-0.3, -0.25) is 4.79 Å². The highest BCUT2D eigenvalue weighted by Crippen LogP contribution is 2.26. The molecule has 0 saturated carbocycles. The van der Waals surface area contributed by atoms with E-state index in [1.807, 2.05) is 6.07 Å². The molecule has 2 aromatic carbocycles. The summed E-state index contributed by atoms with van der Waals surface area (Å²) >= 11 is 7.08. The molecule has 0 saturated heterocycles. The third-order valence-corrected chi connectivity index (χ3v) is 4.99. The number of rotatable bonds is 5. The Kier molecular flexibility index (Phi) is 5.64. The van der Waals surface area contributed by atoms with E-state index in [2.05, 4.69) is 15.5 Å². The second-order valence-electron chi connectivity index (χ2n) is 5.63. The SMILES string of the molecule is C[C@@H](Sc1nnc(-c2ccc(Cl)cc2)n1N)C(=O)Nc1cccc(C#N)c1. The van der Waals surface area contributed by atoms with Crippen LogP contribution in [0.4, 0.5) is 5.69 Å². The van der Waals surface area contributed by atoms with E-state index in [1.165, 1.54) is 16.4 Å². The zero-order chi connectivity index (χ0) is 19.4. The summed E-state index contributed by atoms with van der Waals surface area (Å²) in [5.41, 5.74) is 1.80. The van der Waals surface area contributed by atoms with Crippen LogP contribution in [0.2, 0.25) is 5.02 Å². The lowest BCUT2D eigenvalue weighted by atomic mass is 10.2. The number of nitrogens with zero attached hydrogens (tertiary/aromatic N) is 4. The molecule has 3 N–H and O–H groups in total. The van der Waals surface area contributed by atoms with Gasteiger partial charge in [0.15, 0.2) is 5.82 Å². The average Bonchev–Trinajstić information content (AvgIpc) is 3.03. The first kappa shape index (κ1) is 18.8. The zero-order valence-corrected chi connectivity index (χ0v) is 15.8. The van der Waals surface area contributed by atoms with E-state index >= 15 is 0 Å². The number of hydrogen-bond acceptors (Lipinski definition) is 6. The van der Waals surface area contributed by atoms with Crippen LogP contribution in [-0.2, 0) is 4.79 Å². The van der Waals surface area contributed by atoms with Crippen LogP contribution in [0.25, 0.3) is 11.4 Å². The van der Waals surface area contributed by atoms with Gasteiger partial charge >= 0.3 is 0 Å². The van der Waals surface area contributed by atoms with E-state index in [0.29, 0.717) is 27.3 Å². The number of carbonyl (C=O) groups is 1. The Hall–Kier alpha value is -3.02. The van der Waals surface area contributed by atoms with Crippen LogP contribution in [0.5, 0.6) is 0 Å². The van der Waals surface area contributed by atoms with Crippen molar-refractivity contribution in [3.05, 3.63) is 59.1 Å². The zero-order valence-electron chi connectivity index (χ0n) is 14.3. The van der Waals surface area contributed by atoms with Gasteiger partial charge in [0.1, 0.15) is 0 Å². The first-order valence-corrected chi connectivity index (χ1v) is 9.18. The second kappa shape index (κ2) is 8.12. The maximum Gasteiger partial charge on any atom is 0.237 e. The van der Waals surface area contributed by atoms with E-state index < -0.39 is 5.25 Å². The normalized spacial score (nSPS) is 11.6. The number of carbonyl (C=O) groups excluding carboxylic acids is 1. The molecule has 27 heavy (non-hydrogen) atoms. The molecule has 0 radical (unpaired) electrons. The van der Waals surface area contributed by atoms with Crippen molar-refractivity contribution in [1.29, 1.82) is 5.26 Å². The average molecular weight is 399 g/mol. The highest BCUT2D eigenvalue weighted by Gasteiger charge is 2.20. The van der Waals surface area contributed by atoms with Crippen molar-refractivity contribution < 1.29 is 4.79 Å². The third kappa shape index (κ3) is 4.39. The summed E-state index contributed by atoms with van der Waals surface area (Å²) < 4.78 is 1.34. The van der Waals surface area contributed by atoms with Gasteiger partial charge in [0.25, 0.3) is 0 Å². The van der Waals surface area contributed by atoms with Gasteiger partial charge in [0, 0.05) is 16.3 Å². The molecule has 0 aliphatic carbocycles. The highest BCUT2D eigenvalue weighted by atomic mass is 35.5. The Morgan fingerprint density at radius 2 is 2.04 bits per heavy atom. The summed E-state index contributed by atoms with van der Waals surface area (Å²) in [6, 6.07) is 15.8. The number of nitrogens with one attached hydrogen (secondary N) is 1. The minimum atomic E-state index is -0.472. The summed E-state index contributed by atoms with van der Waals surface area (Å²) in [6.45, 7) is 1.74. The summed E-state index contributed by atoms with van der Waals surface area (Å²) in [4.78, 5) is 12.4. The summed E-state index contributed by atoms with van der Waals surface area (Å²) in [7, 11) is 0. The summed E-state index contributed by atoms with van der Waals surface area (Å²) in [5.74, 6) is 6.33. The van der Waals surface area contributed by atoms with Crippen LogP contribution in [0.15, 0.2) is 53.7 Å². The van der Waals surface area contributed by atoms with Crippen LogP contribution in [0.3, 0.4) is 0 Å². The Labute approximate surface area is 165 Å². The molecule has 1 heterocycles. The number of nitriles is 1. The summed E-state index contributed by atoms with van der Waals surface area (Å²) in [6.07, 6.45) is 0. The van der Waals surface area contributed by atoms with Gasteiger partial charge in [-0.2, -0.15) is 5.26 Å². The molecule has 0 aliphatic rings. The molecule has 0 spiro atoms. The van der Waals surface area contributed by atoms with Crippen molar-refractivity contribution in [2.24, 2.45) is 0 Å². The largest absolute Gasteiger partial charge is 0.335 e. The molecule has 0 aliphatic heterocycles. The number of thioether (sulfide) groups is 1. The second-order valence-corrected chi connectivity index (χ2v) is 7.37. The van der Waals surface area contributed by atoms with E-state index in [9.17, 15) is 4.79 Å². The monoisotopic (exact) mass is 398 g/mol. The molecule has 0 fully saturated rings. The Balaban J connectivity index is 1.70. The molecule has 1 aromatic heterocycles. The molecule has 1 atom stereocenters. The van der Waals surface area contributed by atoms with E-state index in [-0.39, 0.29) is 5.91 Å². The fraction of sp³-hybridized carbons (Fsp3) is 0.111. The van der Waals surface area contributed by atoms with Gasteiger partial charge in [-0.05, 0) is 49.4 Å². The van der Waals surface area contributed by atoms with Crippen molar-refractivity contribution in [2.75, 3.05) is 11.2 Å². The first-order valence-electron chi connectivity index (χ1n) is 7.92. The minimum Gasteiger partial charge on any atom is -0.335 e. The fourth-order valence-corrected chi connectivity index (χ4v) is 3.17. The molecule has 136 valence electrons. The van der Waals surface area contributed by atoms with Crippen molar-refractivity contribution >= 4 is 35.0 Å². The molecular weight excluding hydrogens is 384 g/mol. The molecule has 3 rings (SSSR count). The van der Waals surface area contributed by atoms with Gasteiger partial charge in [0.2, 0.25) is 11.1 Å². The number of amides is 1. The van der Waals surface area contributed by atoms with Crippen molar-refractivity contribution in [1.82, 2.24) is 14.9 Å². The molecule has 0 bridgehead atoms. The van der Waals surface area contributed by atoms with Gasteiger partial charge in [-0.25, -0.2) is 4.68 Å². The molecule has 7 nitrogen and oxygen atoms in total. The van der Waals surface area contributed by atoms with E-state index in [4.69, 9.17) is 22.7 Å². The molecule has 0 unspecified atom stereocenters. The van der Waals surface area contributed by atoms with Gasteiger partial charge < -0.3 is 11.2 Å². The quantitative estimate of drug-likeness (QED) is 0.504. The third-order valence-electron chi connectivity index (χ3n) is 3.68. The minimum absolute atomic E-state index is 0.230. The smallest absolute Gasteiger partial charge is 0.237 e. The number of benzene rings is 2. The Bertz CT molecular complexity index is 1010. The van der Waals surface area contributed by atoms with Gasteiger partial charge in [-0.15, -0.1) is 10.2 Å². The highest BCUT2D eigenvalue weighted by molar-refractivity contribution is 8.00. The number of halogens is 1. The lowest BCUT2D eigenvalue weighted by Crippen LogP contribution is -2.23.